The van der Waals surface area contributed by atoms with E-state index in [2.05, 4.69) is 39.2 Å². The van der Waals surface area contributed by atoms with Gasteiger partial charge in [0.25, 0.3) is 5.95 Å². The summed E-state index contributed by atoms with van der Waals surface area (Å²) in [6, 6.07) is 0. The summed E-state index contributed by atoms with van der Waals surface area (Å²) in [6.45, 7) is 5.03. The van der Waals surface area contributed by atoms with E-state index in [0.717, 1.165) is 0 Å². The normalized spacial score (nSPS) is 10.4. The van der Waals surface area contributed by atoms with E-state index in [1.165, 1.54) is 0 Å². The van der Waals surface area contributed by atoms with Gasteiger partial charge in [-0.1, -0.05) is 13.8 Å². The molecule has 0 saturated carbocycles. The summed E-state index contributed by atoms with van der Waals surface area (Å²) >= 11 is 0. The van der Waals surface area contributed by atoms with Gasteiger partial charge in [0, 0.05) is 0 Å². The fourth-order valence-electron chi connectivity index (χ4n) is 0.920. The van der Waals surface area contributed by atoms with Crippen molar-refractivity contribution < 1.29 is 4.74 Å². The van der Waals surface area contributed by atoms with E-state index in [1.807, 2.05) is 0 Å². The van der Waals surface area contributed by atoms with Crippen LogP contribution in [0, 0.1) is 11.4 Å². The maximum absolute atomic E-state index is 6.76. The van der Waals surface area contributed by atoms with Crippen LogP contribution in [-0.2, 0) is 4.74 Å². The molecule has 0 aliphatic rings. The van der Waals surface area contributed by atoms with Crippen LogP contribution >= 0.6 is 0 Å². The highest BCUT2D eigenvalue weighted by Crippen LogP contribution is 2.08. The first-order valence-electron chi connectivity index (χ1n) is 4.82. The minimum Gasteiger partial charge on any atom is -0.368 e. The molecule has 8 heteroatoms. The van der Waals surface area contributed by atoms with Gasteiger partial charge in [0.2, 0.25) is 11.9 Å². The summed E-state index contributed by atoms with van der Waals surface area (Å²) in [4.78, 5) is 11.3. The molecule has 1 aromatic rings. The van der Waals surface area contributed by atoms with Crippen LogP contribution in [0.3, 0.4) is 0 Å². The highest BCUT2D eigenvalue weighted by atomic mass is 16.5. The van der Waals surface area contributed by atoms with Gasteiger partial charge in [-0.05, 0) is 5.92 Å². The fourth-order valence-corrected chi connectivity index (χ4v) is 0.920. The van der Waals surface area contributed by atoms with E-state index < -0.39 is 0 Å². The van der Waals surface area contributed by atoms with Gasteiger partial charge in [-0.2, -0.15) is 15.0 Å². The lowest BCUT2D eigenvalue weighted by atomic mass is 10.2. The zero-order chi connectivity index (χ0) is 12.0. The van der Waals surface area contributed by atoms with Gasteiger partial charge in [0.1, 0.15) is 6.73 Å². The molecule has 88 valence electrons. The number of aromatic nitrogens is 3. The van der Waals surface area contributed by atoms with Gasteiger partial charge in [0.15, 0.2) is 0 Å². The molecule has 0 saturated heterocycles. The summed E-state index contributed by atoms with van der Waals surface area (Å²) < 4.78 is 5.28. The van der Waals surface area contributed by atoms with Crippen LogP contribution in [0.15, 0.2) is 5.11 Å². The van der Waals surface area contributed by atoms with Gasteiger partial charge in [-0.15, -0.1) is 5.11 Å². The second kappa shape index (κ2) is 5.91. The zero-order valence-corrected chi connectivity index (χ0v) is 9.27. The lowest BCUT2D eigenvalue weighted by molar-refractivity contribution is 0.125. The Bertz CT molecular complexity index is 354. The van der Waals surface area contributed by atoms with Crippen molar-refractivity contribution in [3.8, 4) is 0 Å². The minimum absolute atomic E-state index is 0.0207. The summed E-state index contributed by atoms with van der Waals surface area (Å²) in [6.07, 6.45) is 0. The summed E-state index contributed by atoms with van der Waals surface area (Å²) in [5.74, 6) is 0.706. The SMILES string of the molecule is CC(C)COCNc1nc(N)nc(N=N)n1. The Hall–Kier alpha value is -1.83. The molecule has 0 aliphatic carbocycles. The molecule has 1 heterocycles. The molecular weight excluding hydrogens is 210 g/mol. The third-order valence-electron chi connectivity index (χ3n) is 1.52. The molecule has 1 aromatic heterocycles. The van der Waals surface area contributed by atoms with Gasteiger partial charge < -0.3 is 15.8 Å². The highest BCUT2D eigenvalue weighted by Gasteiger charge is 2.02. The van der Waals surface area contributed by atoms with Crippen molar-refractivity contribution in [1.82, 2.24) is 15.0 Å². The first-order valence-corrected chi connectivity index (χ1v) is 4.82. The molecule has 0 aliphatic heterocycles. The molecule has 0 unspecified atom stereocenters. The van der Waals surface area contributed by atoms with Crippen molar-refractivity contribution in [3.63, 3.8) is 0 Å². The molecule has 0 aromatic carbocycles. The average molecular weight is 225 g/mol. The number of nitrogens with two attached hydrogens (primary N) is 1. The predicted molar refractivity (Wildman–Crippen MR) is 58.3 cm³/mol. The number of ether oxygens (including phenoxy) is 1. The van der Waals surface area contributed by atoms with Crippen molar-refractivity contribution in [2.24, 2.45) is 11.0 Å². The second-order valence-electron chi connectivity index (χ2n) is 3.51. The molecule has 0 amide bonds. The Morgan fingerprint density at radius 1 is 1.44 bits per heavy atom. The third-order valence-corrected chi connectivity index (χ3v) is 1.52. The van der Waals surface area contributed by atoms with Crippen molar-refractivity contribution >= 4 is 17.8 Å². The Labute approximate surface area is 93.2 Å². The van der Waals surface area contributed by atoms with E-state index >= 15 is 0 Å². The zero-order valence-electron chi connectivity index (χ0n) is 9.27. The van der Waals surface area contributed by atoms with Crippen molar-refractivity contribution in [1.29, 1.82) is 5.53 Å². The van der Waals surface area contributed by atoms with Gasteiger partial charge >= 0.3 is 0 Å². The summed E-state index contributed by atoms with van der Waals surface area (Å²) in [7, 11) is 0. The minimum atomic E-state index is -0.0288. The monoisotopic (exact) mass is 225 g/mol. The fraction of sp³-hybridized carbons (Fsp3) is 0.625. The molecule has 0 radical (unpaired) electrons. The predicted octanol–water partition coefficient (Wildman–Crippen LogP) is 1.16. The molecule has 8 nitrogen and oxygen atoms in total. The first-order chi connectivity index (χ1) is 7.61. The van der Waals surface area contributed by atoms with Crippen LogP contribution in [0.5, 0.6) is 0 Å². The molecule has 0 spiro atoms. The Morgan fingerprint density at radius 3 is 2.81 bits per heavy atom. The van der Waals surface area contributed by atoms with E-state index in [1.54, 1.807) is 0 Å². The maximum atomic E-state index is 6.76. The topological polar surface area (TPSA) is 122 Å². The second-order valence-corrected chi connectivity index (χ2v) is 3.51. The van der Waals surface area contributed by atoms with Crippen LogP contribution < -0.4 is 11.1 Å². The standard InChI is InChI=1S/C8H15N7O/c1-5(2)3-16-4-11-7-12-6(9)13-8(14-7)15-10/h5,10H,3-4H2,1-2H3,(H3,9,11,12,13,14). The summed E-state index contributed by atoms with van der Waals surface area (Å²) in [5.41, 5.74) is 12.2. The van der Waals surface area contributed by atoms with Crippen LogP contribution in [0.4, 0.5) is 17.8 Å². The summed E-state index contributed by atoms with van der Waals surface area (Å²) in [5, 5.41) is 5.88. The van der Waals surface area contributed by atoms with Gasteiger partial charge in [-0.25, -0.2) is 5.53 Å². The number of nitrogen functional groups attached to an aromatic ring is 1. The third kappa shape index (κ3) is 4.13. The quantitative estimate of drug-likeness (QED) is 0.379. The van der Waals surface area contributed by atoms with Crippen molar-refractivity contribution in [2.45, 2.75) is 13.8 Å². The molecule has 4 N–H and O–H groups in total. The van der Waals surface area contributed by atoms with Crippen molar-refractivity contribution in [3.05, 3.63) is 0 Å². The molecule has 0 atom stereocenters. The van der Waals surface area contributed by atoms with Crippen molar-refractivity contribution in [2.75, 3.05) is 24.4 Å². The van der Waals surface area contributed by atoms with Crippen LogP contribution in [0.25, 0.3) is 0 Å². The lowest BCUT2D eigenvalue weighted by Gasteiger charge is -2.08. The molecule has 0 fully saturated rings. The maximum Gasteiger partial charge on any atom is 0.274 e. The number of rotatable bonds is 6. The first kappa shape index (κ1) is 12.2. The number of hydrogen-bond donors (Lipinski definition) is 3. The number of anilines is 2. The van der Waals surface area contributed by atoms with Crippen LogP contribution in [0.1, 0.15) is 13.8 Å². The van der Waals surface area contributed by atoms with E-state index in [4.69, 9.17) is 16.0 Å². The largest absolute Gasteiger partial charge is 0.368 e. The Kier molecular flexibility index (Phi) is 4.52. The van der Waals surface area contributed by atoms with E-state index in [-0.39, 0.29) is 24.6 Å². The lowest BCUT2D eigenvalue weighted by Crippen LogP contribution is -2.13. The van der Waals surface area contributed by atoms with Gasteiger partial charge in [0.05, 0.1) is 6.61 Å². The number of nitrogens with zero attached hydrogens (tertiary/aromatic N) is 4. The van der Waals surface area contributed by atoms with Gasteiger partial charge in [-0.3, -0.25) is 0 Å². The van der Waals surface area contributed by atoms with E-state index in [0.29, 0.717) is 12.5 Å². The molecule has 16 heavy (non-hydrogen) atoms. The molecule has 0 bridgehead atoms. The molecular formula is C8H15N7O. The smallest absolute Gasteiger partial charge is 0.274 e. The van der Waals surface area contributed by atoms with Crippen LogP contribution in [-0.4, -0.2) is 28.3 Å². The van der Waals surface area contributed by atoms with E-state index in [9.17, 15) is 0 Å². The number of hydrogen-bond acceptors (Lipinski definition) is 8. The average Bonchev–Trinajstić information content (AvgIpc) is 2.23. The van der Waals surface area contributed by atoms with Crippen LogP contribution in [0.2, 0.25) is 0 Å². The highest BCUT2D eigenvalue weighted by molar-refractivity contribution is 5.35. The Balaban J connectivity index is 2.47. The Morgan fingerprint density at radius 2 is 2.19 bits per heavy atom. The number of nitrogens with one attached hydrogen (secondary N) is 2. The molecule has 1 rings (SSSR count).